The summed E-state index contributed by atoms with van der Waals surface area (Å²) >= 11 is 0. The van der Waals surface area contributed by atoms with Crippen LogP contribution in [0.2, 0.25) is 0 Å². The zero-order valence-corrected chi connectivity index (χ0v) is 11.2. The highest BCUT2D eigenvalue weighted by molar-refractivity contribution is 5.96. The zero-order valence-electron chi connectivity index (χ0n) is 11.2. The lowest BCUT2D eigenvalue weighted by Crippen LogP contribution is -2.32. The van der Waals surface area contributed by atoms with Gasteiger partial charge in [0.2, 0.25) is 0 Å². The minimum atomic E-state index is -0.635. The monoisotopic (exact) mass is 268 g/mol. The number of rotatable bonds is 5. The van der Waals surface area contributed by atoms with Crippen molar-refractivity contribution in [2.45, 2.75) is 39.2 Å². The Morgan fingerprint density at radius 3 is 2.63 bits per heavy atom. The van der Waals surface area contributed by atoms with Gasteiger partial charge < -0.3 is 4.74 Å². The van der Waals surface area contributed by atoms with E-state index in [0.29, 0.717) is 6.61 Å². The second-order valence-corrected chi connectivity index (χ2v) is 5.12. The highest BCUT2D eigenvalue weighted by Crippen LogP contribution is 2.34. The third kappa shape index (κ3) is 3.18. The number of ether oxygens (including phenoxy) is 1. The van der Waals surface area contributed by atoms with E-state index >= 15 is 0 Å². The van der Waals surface area contributed by atoms with Gasteiger partial charge in [-0.3, -0.25) is 4.79 Å². The molecule has 0 bridgehead atoms. The molecule has 19 heavy (non-hydrogen) atoms. The second kappa shape index (κ2) is 5.78. The van der Waals surface area contributed by atoms with Crippen LogP contribution in [0.1, 0.15) is 42.1 Å². The summed E-state index contributed by atoms with van der Waals surface area (Å²) in [4.78, 5) is 11.9. The summed E-state index contributed by atoms with van der Waals surface area (Å²) in [6.45, 7) is 4.08. The minimum Gasteiger partial charge on any atom is -0.378 e. The van der Waals surface area contributed by atoms with E-state index in [9.17, 15) is 13.6 Å². The molecule has 0 aromatic heterocycles. The van der Waals surface area contributed by atoms with Crippen molar-refractivity contribution >= 4 is 5.78 Å². The highest BCUT2D eigenvalue weighted by Gasteiger charge is 2.31. The number of benzene rings is 1. The van der Waals surface area contributed by atoms with Crippen molar-refractivity contribution in [3.8, 4) is 0 Å². The Balaban J connectivity index is 1.96. The van der Waals surface area contributed by atoms with Crippen LogP contribution in [0.5, 0.6) is 0 Å². The van der Waals surface area contributed by atoms with Gasteiger partial charge >= 0.3 is 0 Å². The maximum absolute atomic E-state index is 13.6. The van der Waals surface area contributed by atoms with Crippen molar-refractivity contribution in [1.29, 1.82) is 0 Å². The maximum atomic E-state index is 13.6. The molecule has 2 rings (SSSR count). The highest BCUT2D eigenvalue weighted by atomic mass is 19.1. The van der Waals surface area contributed by atoms with Crippen LogP contribution >= 0.6 is 0 Å². The molecule has 0 N–H and O–H groups in total. The Kier molecular flexibility index (Phi) is 4.30. The van der Waals surface area contributed by atoms with Gasteiger partial charge in [0.05, 0.1) is 11.7 Å². The van der Waals surface area contributed by atoms with Crippen LogP contribution in [-0.4, -0.2) is 18.5 Å². The lowest BCUT2D eigenvalue weighted by atomic mass is 9.78. The summed E-state index contributed by atoms with van der Waals surface area (Å²) in [5.74, 6) is -1.26. The summed E-state index contributed by atoms with van der Waals surface area (Å²) in [5, 5.41) is 0. The summed E-state index contributed by atoms with van der Waals surface area (Å²) in [5.41, 5.74) is 0.0806. The lowest BCUT2D eigenvalue weighted by molar-refractivity contribution is -0.0246. The summed E-state index contributed by atoms with van der Waals surface area (Å²) in [6, 6.07) is 2.08. The first-order valence-corrected chi connectivity index (χ1v) is 6.61. The van der Waals surface area contributed by atoms with Gasteiger partial charge in [0.15, 0.2) is 5.78 Å². The molecule has 4 heteroatoms. The average Bonchev–Trinajstić information content (AvgIpc) is 2.31. The van der Waals surface area contributed by atoms with Crippen molar-refractivity contribution in [3.63, 3.8) is 0 Å². The van der Waals surface area contributed by atoms with Crippen molar-refractivity contribution in [2.24, 2.45) is 5.92 Å². The first kappa shape index (κ1) is 14.1. The van der Waals surface area contributed by atoms with E-state index in [2.05, 4.69) is 0 Å². The number of carbonyl (C=O) groups is 1. The van der Waals surface area contributed by atoms with Crippen molar-refractivity contribution in [1.82, 2.24) is 0 Å². The molecular weight excluding hydrogens is 250 g/mol. The molecule has 104 valence electrons. The molecule has 2 nitrogen and oxygen atoms in total. The molecule has 1 saturated carbocycles. The Morgan fingerprint density at radius 2 is 2.00 bits per heavy atom. The van der Waals surface area contributed by atoms with Gasteiger partial charge in [-0.1, -0.05) is 0 Å². The summed E-state index contributed by atoms with van der Waals surface area (Å²) in [7, 11) is 0. The fourth-order valence-electron chi connectivity index (χ4n) is 2.45. The third-order valence-corrected chi connectivity index (χ3v) is 3.62. The summed E-state index contributed by atoms with van der Waals surface area (Å²) in [6.07, 6.45) is 2.15. The molecule has 0 aliphatic heterocycles. The molecule has 0 saturated heterocycles. The van der Waals surface area contributed by atoms with Crippen LogP contribution in [0.3, 0.4) is 0 Å². The van der Waals surface area contributed by atoms with E-state index in [4.69, 9.17) is 4.74 Å². The number of ketones is 1. The standard InChI is InChI=1S/C15H18F2O2/c1-3-19-11-5-10(6-11)7-15(18)12-8-13(16)9(2)4-14(12)17/h4,8,10-11H,3,5-7H2,1-2H3. The van der Waals surface area contributed by atoms with Crippen LogP contribution in [0.15, 0.2) is 12.1 Å². The van der Waals surface area contributed by atoms with Gasteiger partial charge in [0.1, 0.15) is 11.6 Å². The first-order valence-electron chi connectivity index (χ1n) is 6.61. The number of halogens is 2. The molecule has 0 unspecified atom stereocenters. The molecule has 0 heterocycles. The Labute approximate surface area is 111 Å². The maximum Gasteiger partial charge on any atom is 0.166 e. The van der Waals surface area contributed by atoms with E-state index in [-0.39, 0.29) is 35.4 Å². The number of hydrogen-bond donors (Lipinski definition) is 0. The van der Waals surface area contributed by atoms with Crippen LogP contribution in [0.25, 0.3) is 0 Å². The van der Waals surface area contributed by atoms with Crippen LogP contribution in [0.4, 0.5) is 8.78 Å². The van der Waals surface area contributed by atoms with Crippen LogP contribution in [0, 0.1) is 24.5 Å². The molecule has 1 aromatic carbocycles. The Hall–Kier alpha value is -1.29. The smallest absolute Gasteiger partial charge is 0.166 e. The van der Waals surface area contributed by atoms with E-state index < -0.39 is 11.6 Å². The van der Waals surface area contributed by atoms with Gasteiger partial charge in [-0.05, 0) is 50.3 Å². The predicted molar refractivity (Wildman–Crippen MR) is 68.2 cm³/mol. The van der Waals surface area contributed by atoms with Crippen molar-refractivity contribution in [3.05, 3.63) is 34.9 Å². The molecule has 1 fully saturated rings. The fraction of sp³-hybridized carbons (Fsp3) is 0.533. The lowest BCUT2D eigenvalue weighted by Gasteiger charge is -2.34. The topological polar surface area (TPSA) is 26.3 Å². The van der Waals surface area contributed by atoms with Crippen LogP contribution < -0.4 is 0 Å². The first-order chi connectivity index (χ1) is 9.01. The zero-order chi connectivity index (χ0) is 14.0. The molecule has 0 amide bonds. The molecule has 1 aliphatic carbocycles. The number of carbonyl (C=O) groups excluding carboxylic acids is 1. The summed E-state index contributed by atoms with van der Waals surface area (Å²) < 4.78 is 32.4. The molecule has 0 radical (unpaired) electrons. The van der Waals surface area contributed by atoms with Crippen molar-refractivity contribution in [2.75, 3.05) is 6.61 Å². The average molecular weight is 268 g/mol. The number of Topliss-reactive ketones (excluding diaryl/α,β-unsaturated/α-hetero) is 1. The van der Waals surface area contributed by atoms with Crippen LogP contribution in [-0.2, 0) is 4.74 Å². The Morgan fingerprint density at radius 1 is 1.32 bits per heavy atom. The Bertz CT molecular complexity index is 479. The predicted octanol–water partition coefficient (Wildman–Crippen LogP) is 3.66. The van der Waals surface area contributed by atoms with Gasteiger partial charge in [-0.2, -0.15) is 0 Å². The van der Waals surface area contributed by atoms with Gasteiger partial charge in [-0.15, -0.1) is 0 Å². The van der Waals surface area contributed by atoms with E-state index in [1.165, 1.54) is 6.92 Å². The SMILES string of the molecule is CCOC1CC(CC(=O)c2cc(F)c(C)cc2F)C1. The third-order valence-electron chi connectivity index (χ3n) is 3.62. The molecular formula is C15H18F2O2. The fourth-order valence-corrected chi connectivity index (χ4v) is 2.45. The van der Waals surface area contributed by atoms with Gasteiger partial charge in [0, 0.05) is 13.0 Å². The molecule has 0 spiro atoms. The second-order valence-electron chi connectivity index (χ2n) is 5.12. The number of aryl methyl sites for hydroxylation is 1. The van der Waals surface area contributed by atoms with E-state index in [1.54, 1.807) is 0 Å². The van der Waals surface area contributed by atoms with Gasteiger partial charge in [0.25, 0.3) is 0 Å². The van der Waals surface area contributed by atoms with Gasteiger partial charge in [-0.25, -0.2) is 8.78 Å². The molecule has 1 aromatic rings. The molecule has 0 atom stereocenters. The normalized spacial score (nSPS) is 22.1. The molecule has 1 aliphatic rings. The van der Waals surface area contributed by atoms with E-state index in [0.717, 1.165) is 25.0 Å². The number of hydrogen-bond acceptors (Lipinski definition) is 2. The largest absolute Gasteiger partial charge is 0.378 e. The quantitative estimate of drug-likeness (QED) is 0.762. The minimum absolute atomic E-state index is 0.136. The van der Waals surface area contributed by atoms with Crippen molar-refractivity contribution < 1.29 is 18.3 Å². The van der Waals surface area contributed by atoms with E-state index in [1.807, 2.05) is 6.92 Å².